The van der Waals surface area contributed by atoms with E-state index in [-0.39, 0.29) is 0 Å². The third-order valence-electron chi connectivity index (χ3n) is 4.06. The van der Waals surface area contributed by atoms with E-state index in [0.717, 1.165) is 0 Å². The van der Waals surface area contributed by atoms with Crippen molar-refractivity contribution in [3.63, 3.8) is 0 Å². The molecule has 0 aromatic rings. The highest BCUT2D eigenvalue weighted by atomic mass is 32.2. The maximum Gasteiger partial charge on any atom is 0.326 e. The number of carbonyl (C=O) groups is 4. The van der Waals surface area contributed by atoms with Crippen LogP contribution in [0.1, 0.15) is 19.3 Å². The zero-order valence-electron chi connectivity index (χ0n) is 14.6. The number of aliphatic hydroxyl groups excluding tert-OH is 1. The predicted molar refractivity (Wildman–Crippen MR) is 95.4 cm³/mol. The van der Waals surface area contributed by atoms with Gasteiger partial charge in [0.25, 0.3) is 0 Å². The lowest BCUT2D eigenvalue weighted by Gasteiger charge is -2.23. The first-order valence-electron chi connectivity index (χ1n) is 8.27. The molecular formula is C15H26N4O6S. The fourth-order valence-corrected chi connectivity index (χ4v) is 3.05. The molecule has 1 fully saturated rings. The number of nitrogens with two attached hydrogens (primary N) is 1. The maximum atomic E-state index is 12.1. The highest BCUT2D eigenvalue weighted by molar-refractivity contribution is 7.98. The van der Waals surface area contributed by atoms with Crippen molar-refractivity contribution in [1.29, 1.82) is 0 Å². The van der Waals surface area contributed by atoms with Gasteiger partial charge in [0, 0.05) is 6.54 Å². The lowest BCUT2D eigenvalue weighted by atomic mass is 10.2. The quantitative estimate of drug-likeness (QED) is 0.279. The monoisotopic (exact) mass is 390 g/mol. The maximum absolute atomic E-state index is 12.1. The number of carbonyl (C=O) groups excluding carboxylic acids is 3. The first-order chi connectivity index (χ1) is 12.3. The number of nitrogens with zero attached hydrogens (tertiary/aromatic N) is 1. The molecule has 3 unspecified atom stereocenters. The number of hydrogen-bond acceptors (Lipinski definition) is 7. The van der Waals surface area contributed by atoms with Crippen LogP contribution in [-0.4, -0.2) is 88.6 Å². The molecule has 26 heavy (non-hydrogen) atoms. The fraction of sp³-hybridized carbons (Fsp3) is 0.733. The molecule has 0 aromatic carbocycles. The van der Waals surface area contributed by atoms with Gasteiger partial charge in [0.2, 0.25) is 17.7 Å². The molecule has 1 aliphatic rings. The van der Waals surface area contributed by atoms with E-state index in [1.807, 2.05) is 6.26 Å². The molecule has 3 atom stereocenters. The number of rotatable bonds is 10. The molecule has 0 saturated carbocycles. The molecule has 0 aromatic heterocycles. The van der Waals surface area contributed by atoms with Gasteiger partial charge >= 0.3 is 5.97 Å². The van der Waals surface area contributed by atoms with Crippen molar-refractivity contribution in [3.8, 4) is 0 Å². The van der Waals surface area contributed by atoms with Crippen molar-refractivity contribution in [1.82, 2.24) is 15.5 Å². The number of aliphatic carboxylic acids is 1. The van der Waals surface area contributed by atoms with Gasteiger partial charge < -0.3 is 31.5 Å². The van der Waals surface area contributed by atoms with Gasteiger partial charge in [-0.25, -0.2) is 4.79 Å². The number of amides is 3. The minimum atomic E-state index is -1.23. The molecule has 0 aliphatic carbocycles. The third-order valence-corrected chi connectivity index (χ3v) is 4.70. The van der Waals surface area contributed by atoms with Gasteiger partial charge in [0.1, 0.15) is 12.1 Å². The van der Waals surface area contributed by atoms with Crippen LogP contribution in [0.4, 0.5) is 0 Å². The van der Waals surface area contributed by atoms with Crippen molar-refractivity contribution < 1.29 is 29.4 Å². The Labute approximate surface area is 155 Å². The normalized spacial score (nSPS) is 18.9. The van der Waals surface area contributed by atoms with Crippen LogP contribution in [0.2, 0.25) is 0 Å². The number of carboxylic acids is 1. The van der Waals surface area contributed by atoms with Gasteiger partial charge in [-0.1, -0.05) is 0 Å². The summed E-state index contributed by atoms with van der Waals surface area (Å²) in [5.74, 6) is -2.23. The van der Waals surface area contributed by atoms with Crippen LogP contribution in [0.15, 0.2) is 0 Å². The highest BCUT2D eigenvalue weighted by Gasteiger charge is 2.34. The van der Waals surface area contributed by atoms with Gasteiger partial charge in [0.15, 0.2) is 0 Å². The van der Waals surface area contributed by atoms with Crippen LogP contribution in [0.3, 0.4) is 0 Å². The zero-order valence-corrected chi connectivity index (χ0v) is 15.5. The summed E-state index contributed by atoms with van der Waals surface area (Å²) in [5.41, 5.74) is 5.70. The van der Waals surface area contributed by atoms with Crippen molar-refractivity contribution in [3.05, 3.63) is 0 Å². The molecule has 1 saturated heterocycles. The molecule has 0 bridgehead atoms. The summed E-state index contributed by atoms with van der Waals surface area (Å²) in [6, 6.07) is -2.92. The minimum absolute atomic E-state index is 0.316. The van der Waals surface area contributed by atoms with Gasteiger partial charge in [-0.15, -0.1) is 0 Å². The Bertz CT molecular complexity index is 532. The summed E-state index contributed by atoms with van der Waals surface area (Å²) in [6.07, 6.45) is 3.26. The molecule has 11 heteroatoms. The highest BCUT2D eigenvalue weighted by Crippen LogP contribution is 2.17. The molecule has 1 aliphatic heterocycles. The van der Waals surface area contributed by atoms with Crippen LogP contribution in [0.25, 0.3) is 0 Å². The van der Waals surface area contributed by atoms with Gasteiger partial charge in [0.05, 0.1) is 19.2 Å². The Morgan fingerprint density at radius 3 is 2.58 bits per heavy atom. The topological polar surface area (TPSA) is 162 Å². The number of likely N-dealkylation sites (tertiary alicyclic amines) is 1. The molecule has 0 spiro atoms. The second kappa shape index (κ2) is 11.0. The molecule has 1 rings (SSSR count). The fourth-order valence-electron chi connectivity index (χ4n) is 2.56. The van der Waals surface area contributed by atoms with Crippen molar-refractivity contribution >= 4 is 35.5 Å². The number of nitrogens with one attached hydrogen (secondary N) is 2. The summed E-state index contributed by atoms with van der Waals surface area (Å²) >= 11 is 1.53. The molecule has 3 amide bonds. The van der Waals surface area contributed by atoms with Crippen LogP contribution in [-0.2, 0) is 19.2 Å². The van der Waals surface area contributed by atoms with E-state index in [1.54, 1.807) is 0 Å². The smallest absolute Gasteiger partial charge is 0.326 e. The van der Waals surface area contributed by atoms with Crippen LogP contribution in [0.5, 0.6) is 0 Å². The number of hydrogen-bond donors (Lipinski definition) is 5. The Balaban J connectivity index is 2.50. The average molecular weight is 390 g/mol. The lowest BCUT2D eigenvalue weighted by Crippen LogP contribution is -2.54. The third kappa shape index (κ3) is 6.46. The SMILES string of the molecule is CSCCC(N)C(=O)NC(CO)C(=O)NCC(=O)N1CCCC1C(=O)O. The first kappa shape index (κ1) is 22.2. The second-order valence-corrected chi connectivity index (χ2v) is 6.92. The summed E-state index contributed by atoms with van der Waals surface area (Å²) in [4.78, 5) is 48.4. The van der Waals surface area contributed by atoms with E-state index in [4.69, 9.17) is 10.8 Å². The molecule has 6 N–H and O–H groups in total. The average Bonchev–Trinajstić information content (AvgIpc) is 3.11. The summed E-state index contributed by atoms with van der Waals surface area (Å²) in [6.45, 7) is -0.744. The Hall–Kier alpha value is -1.85. The van der Waals surface area contributed by atoms with Crippen molar-refractivity contribution in [2.75, 3.05) is 31.7 Å². The van der Waals surface area contributed by atoms with Crippen LogP contribution in [0, 0.1) is 0 Å². The van der Waals surface area contributed by atoms with Gasteiger partial charge in [-0.3, -0.25) is 14.4 Å². The number of aliphatic hydroxyl groups is 1. The summed E-state index contributed by atoms with van der Waals surface area (Å²) in [7, 11) is 0. The van der Waals surface area contributed by atoms with E-state index in [0.29, 0.717) is 31.6 Å². The molecule has 1 heterocycles. The van der Waals surface area contributed by atoms with Gasteiger partial charge in [-0.05, 0) is 31.3 Å². The van der Waals surface area contributed by atoms with E-state index < -0.39 is 55.0 Å². The Morgan fingerprint density at radius 1 is 1.31 bits per heavy atom. The second-order valence-electron chi connectivity index (χ2n) is 5.93. The summed E-state index contributed by atoms with van der Waals surface area (Å²) < 4.78 is 0. The van der Waals surface area contributed by atoms with E-state index in [1.165, 1.54) is 16.7 Å². The predicted octanol–water partition coefficient (Wildman–Crippen LogP) is -2.26. The first-order valence-corrected chi connectivity index (χ1v) is 9.67. The lowest BCUT2D eigenvalue weighted by molar-refractivity contribution is -0.148. The molecule has 10 nitrogen and oxygen atoms in total. The largest absolute Gasteiger partial charge is 0.480 e. The van der Waals surface area contributed by atoms with Crippen molar-refractivity contribution in [2.24, 2.45) is 5.73 Å². The van der Waals surface area contributed by atoms with E-state index in [9.17, 15) is 24.3 Å². The number of thioether (sulfide) groups is 1. The molecule has 148 valence electrons. The Morgan fingerprint density at radius 2 is 2.00 bits per heavy atom. The summed E-state index contributed by atoms with van der Waals surface area (Å²) in [5, 5.41) is 23.0. The van der Waals surface area contributed by atoms with E-state index in [2.05, 4.69) is 10.6 Å². The molecular weight excluding hydrogens is 364 g/mol. The van der Waals surface area contributed by atoms with Gasteiger partial charge in [-0.2, -0.15) is 11.8 Å². The minimum Gasteiger partial charge on any atom is -0.480 e. The van der Waals surface area contributed by atoms with E-state index >= 15 is 0 Å². The Kier molecular flexibility index (Phi) is 9.38. The van der Waals surface area contributed by atoms with Crippen molar-refractivity contribution in [2.45, 2.75) is 37.4 Å². The standard InChI is InChI=1S/C15H26N4O6S/c1-26-6-4-9(16)13(22)18-10(8-20)14(23)17-7-12(21)19-5-2-3-11(19)15(24)25/h9-11,20H,2-8,16H2,1H3,(H,17,23)(H,18,22)(H,24,25). The zero-order chi connectivity index (χ0) is 19.7. The molecule has 0 radical (unpaired) electrons. The van der Waals surface area contributed by atoms with Crippen LogP contribution >= 0.6 is 11.8 Å². The van der Waals surface area contributed by atoms with Crippen LogP contribution < -0.4 is 16.4 Å². The number of carboxylic acid groups (broad SMARTS) is 1.